The lowest BCUT2D eigenvalue weighted by molar-refractivity contribution is 0.0909. The molecule has 1 amide bonds. The van der Waals surface area contributed by atoms with E-state index in [0.717, 1.165) is 29.2 Å². The monoisotopic (exact) mass is 360 g/mol. The van der Waals surface area contributed by atoms with Crippen LogP contribution in [0.25, 0.3) is 11.3 Å². The molecule has 2 aromatic rings. The van der Waals surface area contributed by atoms with E-state index in [1.807, 2.05) is 36.0 Å². The van der Waals surface area contributed by atoms with Gasteiger partial charge in [-0.2, -0.15) is 16.9 Å². The highest BCUT2D eigenvalue weighted by Gasteiger charge is 2.36. The molecule has 7 heteroatoms. The van der Waals surface area contributed by atoms with Gasteiger partial charge in [0.05, 0.1) is 12.8 Å². The van der Waals surface area contributed by atoms with Gasteiger partial charge in [-0.05, 0) is 44.5 Å². The zero-order chi connectivity index (χ0) is 17.9. The molecule has 25 heavy (non-hydrogen) atoms. The molecule has 0 saturated carbocycles. The number of carbonyl (C=O) groups excluding carboxylic acids is 1. The molecule has 0 spiro atoms. The number of thioether (sulfide) groups is 1. The number of rotatable bonds is 6. The number of likely N-dealkylation sites (N-methyl/N-ethyl adjacent to an activating group) is 1. The minimum atomic E-state index is -0.133. The lowest BCUT2D eigenvalue weighted by atomic mass is 9.97. The van der Waals surface area contributed by atoms with Gasteiger partial charge in [-0.15, -0.1) is 0 Å². The largest absolute Gasteiger partial charge is 0.496 e. The number of ether oxygens (including phenoxy) is 1. The van der Waals surface area contributed by atoms with Crippen molar-refractivity contribution in [2.24, 2.45) is 0 Å². The third-order valence-electron chi connectivity index (χ3n) is 4.81. The fourth-order valence-corrected chi connectivity index (χ4v) is 4.57. The Morgan fingerprint density at radius 1 is 1.44 bits per heavy atom. The minimum absolute atomic E-state index is 0.0336. The van der Waals surface area contributed by atoms with Crippen LogP contribution in [-0.4, -0.2) is 65.8 Å². The fraction of sp³-hybridized carbons (Fsp3) is 0.444. The number of amides is 1. The van der Waals surface area contributed by atoms with Gasteiger partial charge in [-0.3, -0.25) is 9.89 Å². The summed E-state index contributed by atoms with van der Waals surface area (Å²) in [6.07, 6.45) is 1.08. The van der Waals surface area contributed by atoms with E-state index in [1.165, 1.54) is 0 Å². The Hall–Kier alpha value is -1.99. The minimum Gasteiger partial charge on any atom is -0.496 e. The first-order valence-corrected chi connectivity index (χ1v) is 9.43. The predicted octanol–water partition coefficient (Wildman–Crippen LogP) is 2.25. The maximum Gasteiger partial charge on any atom is 0.269 e. The van der Waals surface area contributed by atoms with Gasteiger partial charge in [0.1, 0.15) is 11.4 Å². The summed E-state index contributed by atoms with van der Waals surface area (Å²) >= 11 is 1.94. The number of para-hydroxylation sites is 1. The van der Waals surface area contributed by atoms with Gasteiger partial charge in [0, 0.05) is 23.4 Å². The van der Waals surface area contributed by atoms with Crippen molar-refractivity contribution in [2.45, 2.75) is 12.0 Å². The highest BCUT2D eigenvalue weighted by atomic mass is 32.2. The fourth-order valence-electron chi connectivity index (χ4n) is 3.02. The van der Waals surface area contributed by atoms with E-state index in [9.17, 15) is 4.79 Å². The molecule has 1 saturated heterocycles. The number of H-pyrrole nitrogens is 1. The molecule has 0 aliphatic carbocycles. The number of benzene rings is 1. The maximum absolute atomic E-state index is 12.5. The van der Waals surface area contributed by atoms with Crippen LogP contribution in [0.2, 0.25) is 0 Å². The van der Waals surface area contributed by atoms with Crippen molar-refractivity contribution >= 4 is 17.7 Å². The summed E-state index contributed by atoms with van der Waals surface area (Å²) in [4.78, 5) is 14.7. The third-order valence-corrected chi connectivity index (χ3v) is 6.05. The first-order chi connectivity index (χ1) is 12.1. The first kappa shape index (κ1) is 17.8. The van der Waals surface area contributed by atoms with E-state index in [0.29, 0.717) is 17.9 Å². The van der Waals surface area contributed by atoms with Crippen LogP contribution in [0, 0.1) is 0 Å². The normalized spacial score (nSPS) is 20.0. The number of carbonyl (C=O) groups is 1. The van der Waals surface area contributed by atoms with Crippen LogP contribution in [0.1, 0.15) is 16.9 Å². The molecule has 0 bridgehead atoms. The lowest BCUT2D eigenvalue weighted by Gasteiger charge is -2.35. The number of aromatic nitrogens is 2. The number of methoxy groups -OCH3 is 1. The Morgan fingerprint density at radius 2 is 2.24 bits per heavy atom. The molecular weight excluding hydrogens is 336 g/mol. The highest BCUT2D eigenvalue weighted by Crippen LogP contribution is 2.31. The van der Waals surface area contributed by atoms with Crippen molar-refractivity contribution in [3.63, 3.8) is 0 Å². The summed E-state index contributed by atoms with van der Waals surface area (Å²) < 4.78 is 5.36. The highest BCUT2D eigenvalue weighted by molar-refractivity contribution is 7.99. The summed E-state index contributed by atoms with van der Waals surface area (Å²) in [6.45, 7) is 0.634. The molecule has 1 aliphatic rings. The second-order valence-corrected chi connectivity index (χ2v) is 7.58. The molecule has 1 aromatic heterocycles. The second kappa shape index (κ2) is 7.49. The quantitative estimate of drug-likeness (QED) is 0.827. The van der Waals surface area contributed by atoms with E-state index in [2.05, 4.69) is 34.5 Å². The smallest absolute Gasteiger partial charge is 0.269 e. The molecule has 1 unspecified atom stereocenters. The van der Waals surface area contributed by atoms with Crippen molar-refractivity contribution in [3.05, 3.63) is 36.0 Å². The SMILES string of the molecule is COc1ccccc1-c1cc(C(=O)NCC2(N(C)C)CCSC2)[nH]n1. The van der Waals surface area contributed by atoms with Crippen LogP contribution in [0.5, 0.6) is 5.75 Å². The molecule has 1 aliphatic heterocycles. The molecule has 1 atom stereocenters. The van der Waals surface area contributed by atoms with Gasteiger partial charge < -0.3 is 15.0 Å². The molecular formula is C18H24N4O2S. The van der Waals surface area contributed by atoms with Gasteiger partial charge in [0.2, 0.25) is 0 Å². The summed E-state index contributed by atoms with van der Waals surface area (Å²) in [5.41, 5.74) is 2.05. The van der Waals surface area contributed by atoms with Gasteiger partial charge in [-0.1, -0.05) is 12.1 Å². The molecule has 1 fully saturated rings. The Kier molecular flexibility index (Phi) is 5.34. The van der Waals surface area contributed by atoms with Crippen LogP contribution >= 0.6 is 11.8 Å². The van der Waals surface area contributed by atoms with E-state index in [1.54, 1.807) is 13.2 Å². The Balaban J connectivity index is 1.71. The summed E-state index contributed by atoms with van der Waals surface area (Å²) in [5.74, 6) is 2.77. The molecule has 134 valence electrons. The molecule has 3 rings (SSSR count). The Bertz CT molecular complexity index is 738. The number of hydrogen-bond acceptors (Lipinski definition) is 5. The maximum atomic E-state index is 12.5. The van der Waals surface area contributed by atoms with Gasteiger partial charge >= 0.3 is 0 Å². The van der Waals surface area contributed by atoms with Crippen molar-refractivity contribution in [1.29, 1.82) is 0 Å². The first-order valence-electron chi connectivity index (χ1n) is 8.28. The van der Waals surface area contributed by atoms with Crippen molar-refractivity contribution in [2.75, 3.05) is 39.3 Å². The van der Waals surface area contributed by atoms with Gasteiger partial charge in [0.25, 0.3) is 5.91 Å². The van der Waals surface area contributed by atoms with Crippen LogP contribution < -0.4 is 10.1 Å². The number of aromatic amines is 1. The number of nitrogens with zero attached hydrogens (tertiary/aromatic N) is 2. The molecule has 6 nitrogen and oxygen atoms in total. The zero-order valence-corrected chi connectivity index (χ0v) is 15.7. The Labute approximate surface area is 152 Å². The van der Waals surface area contributed by atoms with Crippen molar-refractivity contribution < 1.29 is 9.53 Å². The van der Waals surface area contributed by atoms with E-state index in [4.69, 9.17) is 4.74 Å². The number of nitrogens with one attached hydrogen (secondary N) is 2. The van der Waals surface area contributed by atoms with Gasteiger partial charge in [-0.25, -0.2) is 0 Å². The van der Waals surface area contributed by atoms with E-state index in [-0.39, 0.29) is 11.4 Å². The van der Waals surface area contributed by atoms with Crippen LogP contribution in [0.4, 0.5) is 0 Å². The molecule has 2 heterocycles. The second-order valence-electron chi connectivity index (χ2n) is 6.47. The predicted molar refractivity (Wildman–Crippen MR) is 101 cm³/mol. The molecule has 1 aromatic carbocycles. The average Bonchev–Trinajstić information content (AvgIpc) is 3.30. The van der Waals surface area contributed by atoms with Crippen LogP contribution in [0.15, 0.2) is 30.3 Å². The van der Waals surface area contributed by atoms with E-state index >= 15 is 0 Å². The standard InChI is InChI=1S/C18H24N4O2S/c1-22(2)18(8-9-25-12-18)11-19-17(23)15-10-14(20-21-15)13-6-4-5-7-16(13)24-3/h4-7,10H,8-9,11-12H2,1-3H3,(H,19,23)(H,20,21). The van der Waals surface area contributed by atoms with Gasteiger partial charge in [0.15, 0.2) is 0 Å². The topological polar surface area (TPSA) is 70.2 Å². The summed E-state index contributed by atoms with van der Waals surface area (Å²) in [6, 6.07) is 9.39. The third kappa shape index (κ3) is 3.67. The van der Waals surface area contributed by atoms with Crippen LogP contribution in [0.3, 0.4) is 0 Å². The van der Waals surface area contributed by atoms with E-state index < -0.39 is 0 Å². The van der Waals surface area contributed by atoms with Crippen molar-refractivity contribution in [3.8, 4) is 17.0 Å². The molecule has 0 radical (unpaired) electrons. The van der Waals surface area contributed by atoms with Crippen LogP contribution in [-0.2, 0) is 0 Å². The Morgan fingerprint density at radius 3 is 2.92 bits per heavy atom. The molecule has 2 N–H and O–H groups in total. The zero-order valence-electron chi connectivity index (χ0n) is 14.8. The summed E-state index contributed by atoms with van der Waals surface area (Å²) in [5, 5.41) is 10.2. The number of hydrogen-bond donors (Lipinski definition) is 2. The summed E-state index contributed by atoms with van der Waals surface area (Å²) in [7, 11) is 5.78. The van der Waals surface area contributed by atoms with Crippen molar-refractivity contribution in [1.82, 2.24) is 20.4 Å². The average molecular weight is 360 g/mol. The lowest BCUT2D eigenvalue weighted by Crippen LogP contribution is -2.53.